The Kier molecular flexibility index (Phi) is 5.66. The lowest BCUT2D eigenvalue weighted by molar-refractivity contribution is 0.248. The van der Waals surface area contributed by atoms with Crippen LogP contribution in [0.15, 0.2) is 24.3 Å². The molecule has 0 aliphatic carbocycles. The molecule has 18 heavy (non-hydrogen) atoms. The molecule has 1 aromatic carbocycles. The van der Waals surface area contributed by atoms with E-state index in [0.717, 1.165) is 5.56 Å². The van der Waals surface area contributed by atoms with E-state index in [-0.39, 0.29) is 19.1 Å². The summed E-state index contributed by atoms with van der Waals surface area (Å²) in [5.74, 6) is 0.717. The van der Waals surface area contributed by atoms with Crippen LogP contribution in [0.4, 0.5) is 0 Å². The highest BCUT2D eigenvalue weighted by Gasteiger charge is 2.21. The molecule has 0 aliphatic rings. The number of benzene rings is 1. The van der Waals surface area contributed by atoms with Gasteiger partial charge < -0.3 is 10.5 Å². The third-order valence-electron chi connectivity index (χ3n) is 2.71. The number of ether oxygens (including phenoxy) is 1. The number of rotatable bonds is 6. The monoisotopic (exact) mass is 244 g/mol. The van der Waals surface area contributed by atoms with Gasteiger partial charge in [0.25, 0.3) is 0 Å². The Labute approximate surface area is 107 Å². The summed E-state index contributed by atoms with van der Waals surface area (Å²) >= 11 is 0. The van der Waals surface area contributed by atoms with Crippen molar-refractivity contribution < 1.29 is 4.74 Å². The first-order valence-corrected chi connectivity index (χ1v) is 5.59. The summed E-state index contributed by atoms with van der Waals surface area (Å²) in [5, 5.41) is 17.6. The van der Waals surface area contributed by atoms with Crippen LogP contribution in [0.5, 0.6) is 5.75 Å². The number of para-hydroxylation sites is 1. The van der Waals surface area contributed by atoms with E-state index >= 15 is 0 Å². The van der Waals surface area contributed by atoms with Crippen LogP contribution in [-0.2, 0) is 0 Å². The quantitative estimate of drug-likeness (QED) is 0.756. The van der Waals surface area contributed by atoms with Crippen LogP contribution in [-0.4, -0.2) is 31.6 Å². The van der Waals surface area contributed by atoms with Crippen LogP contribution in [0.25, 0.3) is 0 Å². The average molecular weight is 244 g/mol. The number of nitrogens with two attached hydrogens (primary N) is 1. The lowest BCUT2D eigenvalue weighted by atomic mass is 10.0. The first-order valence-electron chi connectivity index (χ1n) is 5.59. The van der Waals surface area contributed by atoms with Gasteiger partial charge in [0.2, 0.25) is 0 Å². The van der Waals surface area contributed by atoms with E-state index in [1.165, 1.54) is 0 Å². The fraction of sp³-hybridized carbons (Fsp3) is 0.385. The first kappa shape index (κ1) is 14.0. The molecule has 5 heteroatoms. The molecule has 2 N–H and O–H groups in total. The van der Waals surface area contributed by atoms with Gasteiger partial charge in [0.05, 0.1) is 38.4 Å². The Hall–Kier alpha value is -2.08. The zero-order chi connectivity index (χ0) is 13.4. The van der Waals surface area contributed by atoms with Gasteiger partial charge in [-0.3, -0.25) is 4.90 Å². The molecular formula is C13H16N4O. The van der Waals surface area contributed by atoms with Crippen molar-refractivity contribution >= 4 is 0 Å². The van der Waals surface area contributed by atoms with Gasteiger partial charge in [-0.05, 0) is 6.07 Å². The molecule has 5 nitrogen and oxygen atoms in total. The minimum Gasteiger partial charge on any atom is -0.496 e. The second-order valence-electron chi connectivity index (χ2n) is 3.71. The van der Waals surface area contributed by atoms with Gasteiger partial charge in [0.1, 0.15) is 5.75 Å². The molecule has 0 fully saturated rings. The van der Waals surface area contributed by atoms with Crippen LogP contribution in [0.3, 0.4) is 0 Å². The van der Waals surface area contributed by atoms with Gasteiger partial charge >= 0.3 is 0 Å². The van der Waals surface area contributed by atoms with Crippen LogP contribution < -0.4 is 10.5 Å². The maximum atomic E-state index is 8.81. The fourth-order valence-electron chi connectivity index (χ4n) is 1.87. The van der Waals surface area contributed by atoms with Crippen molar-refractivity contribution in [1.82, 2.24) is 4.90 Å². The number of nitriles is 2. The van der Waals surface area contributed by atoms with Crippen LogP contribution in [0, 0.1) is 22.7 Å². The van der Waals surface area contributed by atoms with Crippen molar-refractivity contribution in [3.8, 4) is 17.9 Å². The maximum absolute atomic E-state index is 8.81. The Bertz CT molecular complexity index is 445. The molecule has 0 radical (unpaired) electrons. The van der Waals surface area contributed by atoms with E-state index in [2.05, 4.69) is 12.1 Å². The van der Waals surface area contributed by atoms with Crippen LogP contribution in [0.1, 0.15) is 11.6 Å². The maximum Gasteiger partial charge on any atom is 0.123 e. The number of methoxy groups -OCH3 is 1. The molecular weight excluding hydrogens is 228 g/mol. The molecule has 0 saturated heterocycles. The van der Waals surface area contributed by atoms with Crippen LogP contribution >= 0.6 is 0 Å². The molecule has 0 saturated carbocycles. The normalized spacial score (nSPS) is 11.6. The summed E-state index contributed by atoms with van der Waals surface area (Å²) in [6.45, 7) is 0.644. The molecule has 0 spiro atoms. The van der Waals surface area contributed by atoms with E-state index in [4.69, 9.17) is 21.0 Å². The summed E-state index contributed by atoms with van der Waals surface area (Å²) < 4.78 is 5.29. The second-order valence-corrected chi connectivity index (χ2v) is 3.71. The molecule has 0 aliphatic heterocycles. The largest absolute Gasteiger partial charge is 0.496 e. The fourth-order valence-corrected chi connectivity index (χ4v) is 1.87. The lowest BCUT2D eigenvalue weighted by Gasteiger charge is -2.27. The van der Waals surface area contributed by atoms with Crippen molar-refractivity contribution in [2.24, 2.45) is 5.73 Å². The average Bonchev–Trinajstić information content (AvgIpc) is 2.40. The SMILES string of the molecule is COc1ccccc1C(CN)N(CC#N)CC#N. The number of nitrogens with zero attached hydrogens (tertiary/aromatic N) is 3. The molecule has 0 amide bonds. The molecule has 1 rings (SSSR count). The Morgan fingerprint density at radius 2 is 1.89 bits per heavy atom. The molecule has 1 atom stereocenters. The van der Waals surface area contributed by atoms with Gasteiger partial charge in [-0.1, -0.05) is 18.2 Å². The second kappa shape index (κ2) is 7.29. The van der Waals surface area contributed by atoms with E-state index in [0.29, 0.717) is 12.3 Å². The third kappa shape index (κ3) is 3.21. The van der Waals surface area contributed by atoms with E-state index in [1.54, 1.807) is 12.0 Å². The summed E-state index contributed by atoms with van der Waals surface area (Å²) in [4.78, 5) is 1.73. The molecule has 94 valence electrons. The van der Waals surface area contributed by atoms with Gasteiger partial charge in [-0.15, -0.1) is 0 Å². The molecule has 1 unspecified atom stereocenters. The zero-order valence-electron chi connectivity index (χ0n) is 10.3. The predicted octanol–water partition coefficient (Wildman–Crippen LogP) is 1.04. The lowest BCUT2D eigenvalue weighted by Crippen LogP contribution is -2.34. The first-order chi connectivity index (χ1) is 8.78. The summed E-state index contributed by atoms with van der Waals surface area (Å²) in [5.41, 5.74) is 6.67. The van der Waals surface area contributed by atoms with E-state index in [9.17, 15) is 0 Å². The number of hydrogen-bond donors (Lipinski definition) is 1. The number of hydrogen-bond acceptors (Lipinski definition) is 5. The Morgan fingerprint density at radius 3 is 2.39 bits per heavy atom. The van der Waals surface area contributed by atoms with Crippen LogP contribution in [0.2, 0.25) is 0 Å². The van der Waals surface area contributed by atoms with E-state index in [1.807, 2.05) is 24.3 Å². The van der Waals surface area contributed by atoms with Crippen molar-refractivity contribution in [2.75, 3.05) is 26.7 Å². The minimum atomic E-state index is -0.194. The highest BCUT2D eigenvalue weighted by molar-refractivity contribution is 5.36. The highest BCUT2D eigenvalue weighted by Crippen LogP contribution is 2.28. The highest BCUT2D eigenvalue weighted by atomic mass is 16.5. The van der Waals surface area contributed by atoms with Gasteiger partial charge in [0, 0.05) is 12.1 Å². The van der Waals surface area contributed by atoms with Gasteiger partial charge in [0.15, 0.2) is 0 Å². The topological polar surface area (TPSA) is 86.1 Å². The Balaban J connectivity index is 3.07. The Morgan fingerprint density at radius 1 is 1.28 bits per heavy atom. The van der Waals surface area contributed by atoms with Gasteiger partial charge in [-0.2, -0.15) is 10.5 Å². The van der Waals surface area contributed by atoms with E-state index < -0.39 is 0 Å². The summed E-state index contributed by atoms with van der Waals surface area (Å²) in [6, 6.07) is 11.4. The molecule has 0 bridgehead atoms. The minimum absolute atomic E-state index is 0.160. The zero-order valence-corrected chi connectivity index (χ0v) is 10.3. The van der Waals surface area contributed by atoms with Crippen molar-refractivity contribution in [1.29, 1.82) is 10.5 Å². The predicted molar refractivity (Wildman–Crippen MR) is 67.6 cm³/mol. The third-order valence-corrected chi connectivity index (χ3v) is 2.71. The van der Waals surface area contributed by atoms with Crippen molar-refractivity contribution in [3.63, 3.8) is 0 Å². The summed E-state index contributed by atoms with van der Waals surface area (Å²) in [6.07, 6.45) is 0. The van der Waals surface area contributed by atoms with Gasteiger partial charge in [-0.25, -0.2) is 0 Å². The summed E-state index contributed by atoms with van der Waals surface area (Å²) in [7, 11) is 1.59. The van der Waals surface area contributed by atoms with Crippen molar-refractivity contribution in [2.45, 2.75) is 6.04 Å². The molecule has 1 aromatic rings. The smallest absolute Gasteiger partial charge is 0.123 e. The molecule has 0 aromatic heterocycles. The molecule has 0 heterocycles. The standard InChI is InChI=1S/C13H16N4O/c1-18-13-5-3-2-4-11(13)12(10-16)17(8-6-14)9-7-15/h2-5,12H,8-10,16H2,1H3. The van der Waals surface area contributed by atoms with Crippen molar-refractivity contribution in [3.05, 3.63) is 29.8 Å².